The van der Waals surface area contributed by atoms with Crippen LogP contribution in [0.5, 0.6) is 11.5 Å². The van der Waals surface area contributed by atoms with E-state index in [-0.39, 0.29) is 17.4 Å². The van der Waals surface area contributed by atoms with Crippen LogP contribution in [0.1, 0.15) is 15.2 Å². The fraction of sp³-hybridized carbons (Fsp3) is 0.111. The zero-order valence-corrected chi connectivity index (χ0v) is 16.2. The molecule has 0 spiro atoms. The SMILES string of the molecule is Cc1cnsc1C(=O)Nc1ccc(-c2cc3c(cc2Br)OC(F)(F)O3)cc1. The van der Waals surface area contributed by atoms with E-state index >= 15 is 0 Å². The first-order chi connectivity index (χ1) is 12.8. The van der Waals surface area contributed by atoms with E-state index in [1.807, 2.05) is 6.92 Å². The maximum absolute atomic E-state index is 13.2. The molecular weight excluding hydrogens is 442 g/mol. The predicted octanol–water partition coefficient (Wildman–Crippen LogP) is 5.45. The monoisotopic (exact) mass is 452 g/mol. The number of anilines is 1. The summed E-state index contributed by atoms with van der Waals surface area (Å²) in [7, 11) is 0. The molecule has 0 aliphatic carbocycles. The molecule has 1 N–H and O–H groups in total. The van der Waals surface area contributed by atoms with Gasteiger partial charge in [-0.15, -0.1) is 8.78 Å². The molecule has 5 nitrogen and oxygen atoms in total. The Balaban J connectivity index is 1.57. The summed E-state index contributed by atoms with van der Waals surface area (Å²) in [6, 6.07) is 9.93. The standard InChI is InChI=1S/C18H11BrF2N2O3S/c1-9-8-22-27-16(9)17(24)23-11-4-2-10(3-5-11)12-6-14-15(7-13(12)19)26-18(20,21)25-14/h2-8H,1H3,(H,23,24). The van der Waals surface area contributed by atoms with Crippen molar-refractivity contribution in [2.75, 3.05) is 5.32 Å². The van der Waals surface area contributed by atoms with Gasteiger partial charge >= 0.3 is 6.29 Å². The normalized spacial score (nSPS) is 14.2. The van der Waals surface area contributed by atoms with Crippen LogP contribution in [0.15, 0.2) is 47.1 Å². The summed E-state index contributed by atoms with van der Waals surface area (Å²) >= 11 is 4.50. The summed E-state index contributed by atoms with van der Waals surface area (Å²) in [6.45, 7) is 1.82. The number of carbonyl (C=O) groups is 1. The van der Waals surface area contributed by atoms with E-state index in [2.05, 4.69) is 35.1 Å². The molecule has 1 aliphatic heterocycles. The Morgan fingerprint density at radius 3 is 2.48 bits per heavy atom. The molecule has 138 valence electrons. The molecule has 0 unspecified atom stereocenters. The minimum absolute atomic E-state index is 0.0283. The molecule has 2 heterocycles. The third-order valence-corrected chi connectivity index (χ3v) is 5.46. The number of amides is 1. The number of alkyl halides is 2. The first-order valence-corrected chi connectivity index (χ1v) is 9.31. The number of ether oxygens (including phenoxy) is 2. The van der Waals surface area contributed by atoms with Crippen molar-refractivity contribution in [3.63, 3.8) is 0 Å². The lowest BCUT2D eigenvalue weighted by Crippen LogP contribution is -2.25. The van der Waals surface area contributed by atoms with Crippen LogP contribution in [0.25, 0.3) is 11.1 Å². The van der Waals surface area contributed by atoms with E-state index in [0.29, 0.717) is 20.6 Å². The van der Waals surface area contributed by atoms with Crippen LogP contribution in [-0.2, 0) is 0 Å². The Kier molecular flexibility index (Phi) is 4.35. The zero-order valence-electron chi connectivity index (χ0n) is 13.8. The van der Waals surface area contributed by atoms with Gasteiger partial charge in [0.25, 0.3) is 5.91 Å². The zero-order chi connectivity index (χ0) is 19.2. The number of benzene rings is 2. The van der Waals surface area contributed by atoms with Gasteiger partial charge in [0, 0.05) is 16.4 Å². The molecule has 0 saturated heterocycles. The predicted molar refractivity (Wildman–Crippen MR) is 101 cm³/mol. The van der Waals surface area contributed by atoms with Gasteiger partial charge in [-0.05, 0) is 59.4 Å². The second-order valence-corrected chi connectivity index (χ2v) is 7.47. The van der Waals surface area contributed by atoms with Crippen LogP contribution in [0, 0.1) is 6.92 Å². The highest BCUT2D eigenvalue weighted by Gasteiger charge is 2.43. The molecule has 1 amide bonds. The fourth-order valence-corrected chi connectivity index (χ4v) is 3.82. The minimum Gasteiger partial charge on any atom is -0.395 e. The molecule has 27 heavy (non-hydrogen) atoms. The summed E-state index contributed by atoms with van der Waals surface area (Å²) in [5, 5.41) is 2.81. The second kappa shape index (κ2) is 6.58. The van der Waals surface area contributed by atoms with Gasteiger partial charge in [0.05, 0.1) is 0 Å². The molecule has 1 aromatic heterocycles. The number of aromatic nitrogens is 1. The average Bonchev–Trinajstić information content (AvgIpc) is 3.16. The van der Waals surface area contributed by atoms with E-state index in [4.69, 9.17) is 0 Å². The van der Waals surface area contributed by atoms with Crippen LogP contribution in [0.4, 0.5) is 14.5 Å². The summed E-state index contributed by atoms with van der Waals surface area (Å²) in [5.74, 6) is -0.287. The summed E-state index contributed by atoms with van der Waals surface area (Å²) in [5.41, 5.74) is 2.84. The molecule has 4 rings (SSSR count). The first-order valence-electron chi connectivity index (χ1n) is 7.75. The number of fused-ring (bicyclic) bond motifs is 1. The van der Waals surface area contributed by atoms with Crippen molar-refractivity contribution in [2.45, 2.75) is 13.2 Å². The number of halogens is 3. The van der Waals surface area contributed by atoms with Gasteiger partial charge in [-0.25, -0.2) is 4.37 Å². The quantitative estimate of drug-likeness (QED) is 0.573. The highest BCUT2D eigenvalue weighted by atomic mass is 79.9. The number of nitrogens with one attached hydrogen (secondary N) is 1. The number of hydrogen-bond acceptors (Lipinski definition) is 5. The molecule has 3 aromatic rings. The molecule has 0 saturated carbocycles. The number of rotatable bonds is 3. The number of hydrogen-bond donors (Lipinski definition) is 1. The van der Waals surface area contributed by atoms with E-state index < -0.39 is 6.29 Å². The van der Waals surface area contributed by atoms with Gasteiger partial charge in [0.2, 0.25) is 0 Å². The summed E-state index contributed by atoms with van der Waals surface area (Å²) in [6.07, 6.45) is -2.02. The van der Waals surface area contributed by atoms with Crippen molar-refractivity contribution in [3.05, 3.63) is 57.5 Å². The number of carbonyl (C=O) groups excluding carboxylic acids is 1. The van der Waals surface area contributed by atoms with Crippen molar-refractivity contribution in [1.82, 2.24) is 4.37 Å². The third-order valence-electron chi connectivity index (χ3n) is 3.90. The van der Waals surface area contributed by atoms with E-state index in [9.17, 15) is 13.6 Å². The van der Waals surface area contributed by atoms with Crippen molar-refractivity contribution in [3.8, 4) is 22.6 Å². The molecule has 0 atom stereocenters. The summed E-state index contributed by atoms with van der Waals surface area (Å²) < 4.78 is 39.9. The van der Waals surface area contributed by atoms with Gasteiger partial charge in [0.15, 0.2) is 11.5 Å². The van der Waals surface area contributed by atoms with Crippen LogP contribution in [-0.4, -0.2) is 16.6 Å². The Morgan fingerprint density at radius 2 is 1.85 bits per heavy atom. The average molecular weight is 453 g/mol. The van der Waals surface area contributed by atoms with E-state index in [1.165, 1.54) is 12.1 Å². The lowest BCUT2D eigenvalue weighted by molar-refractivity contribution is -0.286. The first kappa shape index (κ1) is 17.9. The molecule has 0 radical (unpaired) electrons. The van der Waals surface area contributed by atoms with E-state index in [0.717, 1.165) is 22.7 Å². The van der Waals surface area contributed by atoms with Gasteiger partial charge < -0.3 is 14.8 Å². The third kappa shape index (κ3) is 3.52. The van der Waals surface area contributed by atoms with Gasteiger partial charge in [-0.1, -0.05) is 28.1 Å². The fourth-order valence-electron chi connectivity index (χ4n) is 2.62. The van der Waals surface area contributed by atoms with Crippen LogP contribution < -0.4 is 14.8 Å². The molecule has 0 fully saturated rings. The Morgan fingerprint density at radius 1 is 1.19 bits per heavy atom. The maximum Gasteiger partial charge on any atom is 0.586 e. The maximum atomic E-state index is 13.2. The Labute approximate surface area is 165 Å². The highest BCUT2D eigenvalue weighted by Crippen LogP contribution is 2.46. The Bertz CT molecular complexity index is 1040. The topological polar surface area (TPSA) is 60.5 Å². The van der Waals surface area contributed by atoms with Gasteiger partial charge in [-0.2, -0.15) is 0 Å². The lowest BCUT2D eigenvalue weighted by Gasteiger charge is -2.09. The molecule has 0 bridgehead atoms. The summed E-state index contributed by atoms with van der Waals surface area (Å²) in [4.78, 5) is 12.8. The number of nitrogens with zero attached hydrogens (tertiary/aromatic N) is 1. The van der Waals surface area contributed by atoms with Crippen molar-refractivity contribution >= 4 is 39.1 Å². The minimum atomic E-state index is -3.66. The Hall–Kier alpha value is -2.52. The highest BCUT2D eigenvalue weighted by molar-refractivity contribution is 9.10. The smallest absolute Gasteiger partial charge is 0.395 e. The van der Waals surface area contributed by atoms with Gasteiger partial charge in [-0.3, -0.25) is 4.79 Å². The second-order valence-electron chi connectivity index (χ2n) is 5.82. The van der Waals surface area contributed by atoms with Crippen LogP contribution in [0.2, 0.25) is 0 Å². The van der Waals surface area contributed by atoms with E-state index in [1.54, 1.807) is 30.5 Å². The van der Waals surface area contributed by atoms with Gasteiger partial charge in [0.1, 0.15) is 4.88 Å². The molecule has 9 heteroatoms. The van der Waals surface area contributed by atoms with Crippen molar-refractivity contribution in [2.24, 2.45) is 0 Å². The van der Waals surface area contributed by atoms with Crippen molar-refractivity contribution in [1.29, 1.82) is 0 Å². The molecule has 2 aromatic carbocycles. The van der Waals surface area contributed by atoms with Crippen molar-refractivity contribution < 1.29 is 23.0 Å². The molecule has 1 aliphatic rings. The largest absolute Gasteiger partial charge is 0.586 e. The van der Waals surface area contributed by atoms with Crippen LogP contribution >= 0.6 is 27.5 Å². The lowest BCUT2D eigenvalue weighted by atomic mass is 10.0. The van der Waals surface area contributed by atoms with Crippen LogP contribution in [0.3, 0.4) is 0 Å². The number of aryl methyl sites for hydroxylation is 1. The molecular formula is C18H11BrF2N2O3S.